The van der Waals surface area contributed by atoms with Crippen LogP contribution in [0.4, 0.5) is 23.4 Å². The zero-order valence-corrected chi connectivity index (χ0v) is 13.9. The molecule has 0 radical (unpaired) electrons. The number of benzene rings is 1. The van der Waals surface area contributed by atoms with Gasteiger partial charge in [0.05, 0.1) is 5.56 Å². The zero-order chi connectivity index (χ0) is 19.5. The van der Waals surface area contributed by atoms with Crippen LogP contribution in [0.15, 0.2) is 30.3 Å². The molecule has 2 aromatic rings. The van der Waals surface area contributed by atoms with Crippen molar-refractivity contribution in [2.75, 3.05) is 5.32 Å². The molecule has 2 N–H and O–H groups in total. The van der Waals surface area contributed by atoms with Crippen molar-refractivity contribution < 1.29 is 27.2 Å². The zero-order valence-electron chi connectivity index (χ0n) is 13.9. The number of amides is 2. The number of alkyl halides is 3. The van der Waals surface area contributed by atoms with E-state index >= 15 is 0 Å². The van der Waals surface area contributed by atoms with Crippen LogP contribution < -0.4 is 10.6 Å². The second-order valence-corrected chi connectivity index (χ2v) is 5.52. The van der Waals surface area contributed by atoms with Gasteiger partial charge in [-0.2, -0.15) is 13.2 Å². The summed E-state index contributed by atoms with van der Waals surface area (Å²) in [4.78, 5) is 27.3. The van der Waals surface area contributed by atoms with Gasteiger partial charge in [0, 0.05) is 30.3 Å². The van der Waals surface area contributed by atoms with Crippen molar-refractivity contribution in [3.8, 4) is 0 Å². The second-order valence-electron chi connectivity index (χ2n) is 5.52. The number of carbonyl (C=O) groups is 2. The molecule has 9 heteroatoms. The first kappa shape index (κ1) is 19.4. The normalized spacial score (nSPS) is 11.2. The average molecular weight is 369 g/mol. The molecule has 1 aromatic heterocycles. The molecule has 0 aliphatic carbocycles. The van der Waals surface area contributed by atoms with Crippen LogP contribution in [0.25, 0.3) is 0 Å². The smallest absolute Gasteiger partial charge is 0.348 e. The number of halogens is 4. The number of rotatable bonds is 4. The quantitative estimate of drug-likeness (QED) is 0.811. The van der Waals surface area contributed by atoms with Crippen LogP contribution in [0.5, 0.6) is 0 Å². The summed E-state index contributed by atoms with van der Waals surface area (Å²) in [5.74, 6) is -2.28. The van der Waals surface area contributed by atoms with Crippen LogP contribution in [0.2, 0.25) is 0 Å². The van der Waals surface area contributed by atoms with E-state index in [2.05, 4.69) is 15.6 Å². The Balaban J connectivity index is 2.17. The molecule has 2 amide bonds. The number of anilines is 1. The summed E-state index contributed by atoms with van der Waals surface area (Å²) in [7, 11) is 0. The highest BCUT2D eigenvalue weighted by Gasteiger charge is 2.34. The van der Waals surface area contributed by atoms with Gasteiger partial charge in [-0.15, -0.1) is 0 Å². The third-order valence-electron chi connectivity index (χ3n) is 3.34. The molecular weight excluding hydrogens is 354 g/mol. The number of carbonyl (C=O) groups excluding carboxylic acids is 2. The first-order chi connectivity index (χ1) is 12.1. The number of pyridine rings is 1. The van der Waals surface area contributed by atoms with Crippen molar-refractivity contribution in [1.29, 1.82) is 0 Å². The maximum atomic E-state index is 14.0. The Labute approximate surface area is 146 Å². The lowest BCUT2D eigenvalue weighted by Crippen LogP contribution is -2.24. The Kier molecular flexibility index (Phi) is 5.59. The van der Waals surface area contributed by atoms with Crippen LogP contribution in [-0.4, -0.2) is 16.8 Å². The van der Waals surface area contributed by atoms with Gasteiger partial charge in [-0.1, -0.05) is 12.1 Å². The molecule has 0 fully saturated rings. The van der Waals surface area contributed by atoms with Crippen LogP contribution in [-0.2, 0) is 17.5 Å². The third kappa shape index (κ3) is 4.78. The topological polar surface area (TPSA) is 71.1 Å². The highest BCUT2D eigenvalue weighted by Crippen LogP contribution is 2.32. The first-order valence-corrected chi connectivity index (χ1v) is 7.47. The Morgan fingerprint density at radius 1 is 1.19 bits per heavy atom. The summed E-state index contributed by atoms with van der Waals surface area (Å²) in [5, 5.41) is 4.79. The van der Waals surface area contributed by atoms with Gasteiger partial charge in [-0.3, -0.25) is 9.59 Å². The Morgan fingerprint density at radius 2 is 1.88 bits per heavy atom. The standard InChI is InChI=1S/C17H15F4N3O2/c1-9-6-12(7-14(23-9)24-10(2)25)16(26)22-8-11-4-3-5-13(15(11)18)17(19,20)21/h3-7H,8H2,1-2H3,(H,22,26)(H,23,24,25). The molecule has 0 aliphatic rings. The molecule has 0 atom stereocenters. The average Bonchev–Trinajstić information content (AvgIpc) is 2.51. The number of hydrogen-bond donors (Lipinski definition) is 2. The lowest BCUT2D eigenvalue weighted by atomic mass is 10.1. The van der Waals surface area contributed by atoms with Crippen LogP contribution in [0, 0.1) is 12.7 Å². The first-order valence-electron chi connectivity index (χ1n) is 7.47. The van der Waals surface area contributed by atoms with Crippen LogP contribution >= 0.6 is 0 Å². The lowest BCUT2D eigenvalue weighted by Gasteiger charge is -2.12. The van der Waals surface area contributed by atoms with Crippen molar-refractivity contribution in [2.45, 2.75) is 26.6 Å². The van der Waals surface area contributed by atoms with Gasteiger partial charge < -0.3 is 10.6 Å². The molecule has 1 heterocycles. The van der Waals surface area contributed by atoms with Gasteiger partial charge in [-0.25, -0.2) is 9.37 Å². The van der Waals surface area contributed by atoms with Gasteiger partial charge >= 0.3 is 6.18 Å². The number of hydrogen-bond acceptors (Lipinski definition) is 3. The molecule has 0 saturated heterocycles. The molecule has 0 aliphatic heterocycles. The van der Waals surface area contributed by atoms with Gasteiger partial charge in [0.25, 0.3) is 5.91 Å². The predicted octanol–water partition coefficient (Wildman–Crippen LogP) is 3.44. The molecule has 2 rings (SSSR count). The van der Waals surface area contributed by atoms with E-state index in [-0.39, 0.29) is 22.9 Å². The summed E-state index contributed by atoms with van der Waals surface area (Å²) >= 11 is 0. The molecule has 1 aromatic carbocycles. The number of nitrogens with one attached hydrogen (secondary N) is 2. The maximum absolute atomic E-state index is 14.0. The monoisotopic (exact) mass is 369 g/mol. The number of aryl methyl sites for hydroxylation is 1. The second kappa shape index (κ2) is 7.51. The molecule has 0 saturated carbocycles. The largest absolute Gasteiger partial charge is 0.419 e. The van der Waals surface area contributed by atoms with Gasteiger partial charge in [0.2, 0.25) is 5.91 Å². The van der Waals surface area contributed by atoms with Crippen molar-refractivity contribution in [3.63, 3.8) is 0 Å². The third-order valence-corrected chi connectivity index (χ3v) is 3.34. The Bertz CT molecular complexity index is 850. The summed E-state index contributed by atoms with van der Waals surface area (Å²) in [6, 6.07) is 5.60. The van der Waals surface area contributed by atoms with Crippen LogP contribution in [0.3, 0.4) is 0 Å². The van der Waals surface area contributed by atoms with E-state index in [1.807, 2.05) is 0 Å². The van der Waals surface area contributed by atoms with E-state index in [0.717, 1.165) is 12.1 Å². The molecular formula is C17H15F4N3O2. The van der Waals surface area contributed by atoms with E-state index < -0.39 is 30.0 Å². The maximum Gasteiger partial charge on any atom is 0.419 e. The van der Waals surface area contributed by atoms with Gasteiger partial charge in [0.1, 0.15) is 11.6 Å². The minimum absolute atomic E-state index is 0.133. The van der Waals surface area contributed by atoms with E-state index in [1.165, 1.54) is 19.1 Å². The Hall–Kier alpha value is -2.97. The predicted molar refractivity (Wildman–Crippen MR) is 85.8 cm³/mol. The number of aromatic nitrogens is 1. The SMILES string of the molecule is CC(=O)Nc1cc(C(=O)NCc2cccc(C(F)(F)F)c2F)cc(C)n1. The van der Waals surface area contributed by atoms with Gasteiger partial charge in [-0.05, 0) is 25.1 Å². The van der Waals surface area contributed by atoms with E-state index in [4.69, 9.17) is 0 Å². The highest BCUT2D eigenvalue weighted by atomic mass is 19.4. The van der Waals surface area contributed by atoms with E-state index in [9.17, 15) is 27.2 Å². The van der Waals surface area contributed by atoms with Crippen molar-refractivity contribution in [1.82, 2.24) is 10.3 Å². The summed E-state index contributed by atoms with van der Waals surface area (Å²) in [5.41, 5.74) is -1.10. The van der Waals surface area contributed by atoms with Crippen molar-refractivity contribution >= 4 is 17.6 Å². The fourth-order valence-corrected chi connectivity index (χ4v) is 2.26. The lowest BCUT2D eigenvalue weighted by molar-refractivity contribution is -0.140. The molecule has 0 spiro atoms. The molecule has 5 nitrogen and oxygen atoms in total. The van der Waals surface area contributed by atoms with Gasteiger partial charge in [0.15, 0.2) is 0 Å². The summed E-state index contributed by atoms with van der Waals surface area (Å²) in [6.45, 7) is 2.46. The van der Waals surface area contributed by atoms with E-state index in [0.29, 0.717) is 11.8 Å². The number of nitrogens with zero attached hydrogens (tertiary/aromatic N) is 1. The molecule has 0 bridgehead atoms. The fourth-order valence-electron chi connectivity index (χ4n) is 2.26. The molecule has 0 unspecified atom stereocenters. The minimum Gasteiger partial charge on any atom is -0.348 e. The molecule has 138 valence electrons. The van der Waals surface area contributed by atoms with E-state index in [1.54, 1.807) is 6.92 Å². The Morgan fingerprint density at radius 3 is 2.50 bits per heavy atom. The van der Waals surface area contributed by atoms with Crippen molar-refractivity contribution in [3.05, 3.63) is 58.5 Å². The van der Waals surface area contributed by atoms with Crippen molar-refractivity contribution in [2.24, 2.45) is 0 Å². The summed E-state index contributed by atoms with van der Waals surface area (Å²) in [6.07, 6.45) is -4.82. The van der Waals surface area contributed by atoms with Crippen LogP contribution in [0.1, 0.15) is 34.1 Å². The minimum atomic E-state index is -4.82. The molecule has 26 heavy (non-hydrogen) atoms. The summed E-state index contributed by atoms with van der Waals surface area (Å²) < 4.78 is 52.1. The highest BCUT2D eigenvalue weighted by molar-refractivity contribution is 5.96. The fraction of sp³-hybridized carbons (Fsp3) is 0.235.